The third-order valence-corrected chi connectivity index (χ3v) is 2.98. The van der Waals surface area contributed by atoms with Gasteiger partial charge >= 0.3 is 6.09 Å². The van der Waals surface area contributed by atoms with Crippen molar-refractivity contribution in [2.45, 2.75) is 33.2 Å². The van der Waals surface area contributed by atoms with Crippen LogP contribution in [0, 0.1) is 11.3 Å². The Bertz CT molecular complexity index is 223. The average molecular weight is 200 g/mol. The van der Waals surface area contributed by atoms with Gasteiger partial charge in [-0.2, -0.15) is 0 Å². The fraction of sp³-hybridized carbons (Fsp3) is 0.900. The summed E-state index contributed by atoms with van der Waals surface area (Å²) >= 11 is 0. The summed E-state index contributed by atoms with van der Waals surface area (Å²) < 4.78 is 0. The highest BCUT2D eigenvalue weighted by atomic mass is 16.4. The third kappa shape index (κ3) is 2.61. The van der Waals surface area contributed by atoms with Crippen molar-refractivity contribution < 1.29 is 9.90 Å². The number of carboxylic acid groups (broad SMARTS) is 1. The number of hydrogen-bond acceptors (Lipinski definition) is 2. The van der Waals surface area contributed by atoms with Crippen LogP contribution in [-0.2, 0) is 0 Å². The van der Waals surface area contributed by atoms with E-state index in [-0.39, 0.29) is 11.5 Å². The molecule has 4 nitrogen and oxygen atoms in total. The Labute approximate surface area is 85.1 Å². The Morgan fingerprint density at radius 2 is 2.00 bits per heavy atom. The van der Waals surface area contributed by atoms with Crippen LogP contribution >= 0.6 is 0 Å². The van der Waals surface area contributed by atoms with Crippen LogP contribution in [0.25, 0.3) is 0 Å². The van der Waals surface area contributed by atoms with Crippen molar-refractivity contribution in [2.75, 3.05) is 13.1 Å². The second kappa shape index (κ2) is 3.77. The lowest BCUT2D eigenvalue weighted by Crippen LogP contribution is -2.51. The van der Waals surface area contributed by atoms with Crippen molar-refractivity contribution >= 4 is 6.09 Å². The van der Waals surface area contributed by atoms with Gasteiger partial charge in [-0.25, -0.2) is 4.79 Å². The fourth-order valence-electron chi connectivity index (χ4n) is 1.92. The van der Waals surface area contributed by atoms with E-state index in [1.165, 1.54) is 4.90 Å². The summed E-state index contributed by atoms with van der Waals surface area (Å²) in [7, 11) is 0. The molecule has 1 aliphatic heterocycles. The molecule has 1 saturated heterocycles. The van der Waals surface area contributed by atoms with Crippen molar-refractivity contribution in [3.8, 4) is 0 Å². The molecule has 14 heavy (non-hydrogen) atoms. The summed E-state index contributed by atoms with van der Waals surface area (Å²) in [5, 5.41) is 8.91. The van der Waals surface area contributed by atoms with Gasteiger partial charge in [0.25, 0.3) is 0 Å². The molecular formula is C10H20N2O2. The molecule has 0 saturated carbocycles. The number of amides is 1. The molecule has 0 aromatic heterocycles. The summed E-state index contributed by atoms with van der Waals surface area (Å²) in [5.41, 5.74) is 5.98. The molecule has 1 amide bonds. The maximum atomic E-state index is 10.8. The van der Waals surface area contributed by atoms with E-state index in [2.05, 4.69) is 20.8 Å². The molecule has 1 rings (SSSR count). The molecule has 0 spiro atoms. The van der Waals surface area contributed by atoms with Crippen LogP contribution in [0.5, 0.6) is 0 Å². The molecule has 0 bridgehead atoms. The van der Waals surface area contributed by atoms with E-state index in [1.807, 2.05) is 0 Å². The van der Waals surface area contributed by atoms with E-state index in [9.17, 15) is 4.79 Å². The first kappa shape index (κ1) is 11.3. The number of hydrogen-bond donors (Lipinski definition) is 2. The number of piperidine rings is 1. The molecule has 0 aromatic carbocycles. The van der Waals surface area contributed by atoms with Crippen molar-refractivity contribution in [1.82, 2.24) is 4.90 Å². The minimum absolute atomic E-state index is 0.0101. The van der Waals surface area contributed by atoms with Crippen LogP contribution in [0.1, 0.15) is 27.2 Å². The molecule has 1 heterocycles. The summed E-state index contributed by atoms with van der Waals surface area (Å²) in [5.74, 6) is 0.363. The molecule has 4 heteroatoms. The molecule has 2 atom stereocenters. The predicted octanol–water partition coefficient (Wildman–Crippen LogP) is 1.36. The molecule has 0 aromatic rings. The van der Waals surface area contributed by atoms with E-state index >= 15 is 0 Å². The van der Waals surface area contributed by atoms with E-state index in [4.69, 9.17) is 10.8 Å². The van der Waals surface area contributed by atoms with Gasteiger partial charge in [0, 0.05) is 19.1 Å². The van der Waals surface area contributed by atoms with Gasteiger partial charge in [-0.15, -0.1) is 0 Å². The molecular weight excluding hydrogens is 180 g/mol. The van der Waals surface area contributed by atoms with Crippen molar-refractivity contribution in [2.24, 2.45) is 17.1 Å². The highest BCUT2D eigenvalue weighted by Crippen LogP contribution is 2.32. The van der Waals surface area contributed by atoms with Crippen LogP contribution in [0.3, 0.4) is 0 Å². The minimum atomic E-state index is -0.852. The smallest absolute Gasteiger partial charge is 0.407 e. The Morgan fingerprint density at radius 1 is 1.43 bits per heavy atom. The maximum Gasteiger partial charge on any atom is 0.407 e. The first-order chi connectivity index (χ1) is 6.30. The molecule has 2 unspecified atom stereocenters. The number of nitrogens with zero attached hydrogens (tertiary/aromatic N) is 1. The third-order valence-electron chi connectivity index (χ3n) is 2.98. The van der Waals surface area contributed by atoms with Gasteiger partial charge in [-0.05, 0) is 17.8 Å². The van der Waals surface area contributed by atoms with Gasteiger partial charge in [0.15, 0.2) is 0 Å². The SMILES string of the molecule is CC(C)(C)C1CC(N)CN(C(=O)O)C1. The van der Waals surface area contributed by atoms with Gasteiger partial charge in [-0.1, -0.05) is 20.8 Å². The second-order valence-corrected chi connectivity index (χ2v) is 5.25. The highest BCUT2D eigenvalue weighted by molar-refractivity contribution is 5.65. The Balaban J connectivity index is 2.68. The number of rotatable bonds is 0. The molecule has 0 aliphatic carbocycles. The summed E-state index contributed by atoms with van der Waals surface area (Å²) in [4.78, 5) is 12.3. The van der Waals surface area contributed by atoms with E-state index < -0.39 is 6.09 Å². The predicted molar refractivity (Wildman–Crippen MR) is 55.1 cm³/mol. The quantitative estimate of drug-likeness (QED) is 0.620. The van der Waals surface area contributed by atoms with Gasteiger partial charge in [0.2, 0.25) is 0 Å². The maximum absolute atomic E-state index is 10.8. The Kier molecular flexibility index (Phi) is 3.04. The lowest BCUT2D eigenvalue weighted by atomic mass is 9.75. The van der Waals surface area contributed by atoms with Crippen molar-refractivity contribution in [3.63, 3.8) is 0 Å². The van der Waals surface area contributed by atoms with Crippen LogP contribution < -0.4 is 5.73 Å². The average Bonchev–Trinajstić information content (AvgIpc) is 2.01. The zero-order valence-electron chi connectivity index (χ0n) is 9.16. The topological polar surface area (TPSA) is 66.6 Å². The molecule has 1 fully saturated rings. The number of likely N-dealkylation sites (tertiary alicyclic amines) is 1. The zero-order chi connectivity index (χ0) is 10.9. The summed E-state index contributed by atoms with van der Waals surface area (Å²) in [6, 6.07) is -0.0101. The fourth-order valence-corrected chi connectivity index (χ4v) is 1.92. The molecule has 1 aliphatic rings. The molecule has 82 valence electrons. The standard InChI is InChI=1S/C10H20N2O2/c1-10(2,3)7-4-8(11)6-12(5-7)9(13)14/h7-8H,4-6,11H2,1-3H3,(H,13,14). The largest absolute Gasteiger partial charge is 0.465 e. The van der Waals surface area contributed by atoms with Gasteiger partial charge < -0.3 is 15.7 Å². The zero-order valence-corrected chi connectivity index (χ0v) is 9.16. The normalized spacial score (nSPS) is 29.0. The lowest BCUT2D eigenvalue weighted by Gasteiger charge is -2.41. The van der Waals surface area contributed by atoms with Crippen LogP contribution in [0.2, 0.25) is 0 Å². The number of nitrogens with two attached hydrogens (primary N) is 1. The minimum Gasteiger partial charge on any atom is -0.465 e. The van der Waals surface area contributed by atoms with E-state index in [0.717, 1.165) is 6.42 Å². The van der Waals surface area contributed by atoms with Crippen LogP contribution in [0.15, 0.2) is 0 Å². The van der Waals surface area contributed by atoms with Crippen molar-refractivity contribution in [3.05, 3.63) is 0 Å². The highest BCUT2D eigenvalue weighted by Gasteiger charge is 2.34. The van der Waals surface area contributed by atoms with Crippen molar-refractivity contribution in [1.29, 1.82) is 0 Å². The molecule has 3 N–H and O–H groups in total. The Morgan fingerprint density at radius 3 is 2.43 bits per heavy atom. The number of carbonyl (C=O) groups is 1. The van der Waals surface area contributed by atoms with Crippen LogP contribution in [0.4, 0.5) is 4.79 Å². The van der Waals surface area contributed by atoms with Gasteiger partial charge in [0.1, 0.15) is 0 Å². The molecule has 0 radical (unpaired) electrons. The summed E-state index contributed by atoms with van der Waals surface area (Å²) in [6.45, 7) is 7.50. The van der Waals surface area contributed by atoms with Gasteiger partial charge in [-0.3, -0.25) is 0 Å². The lowest BCUT2D eigenvalue weighted by molar-refractivity contribution is 0.0774. The van der Waals surface area contributed by atoms with E-state index in [0.29, 0.717) is 19.0 Å². The van der Waals surface area contributed by atoms with Gasteiger partial charge in [0.05, 0.1) is 0 Å². The first-order valence-corrected chi connectivity index (χ1v) is 5.04. The van der Waals surface area contributed by atoms with Crippen LogP contribution in [-0.4, -0.2) is 35.2 Å². The van der Waals surface area contributed by atoms with E-state index in [1.54, 1.807) is 0 Å². The second-order valence-electron chi connectivity index (χ2n) is 5.25. The summed E-state index contributed by atoms with van der Waals surface area (Å²) in [6.07, 6.45) is 0.0715. The Hall–Kier alpha value is -0.770. The first-order valence-electron chi connectivity index (χ1n) is 5.04. The monoisotopic (exact) mass is 200 g/mol.